The average molecular weight is 230 g/mol. The van der Waals surface area contributed by atoms with Crippen molar-refractivity contribution in [1.82, 2.24) is 0 Å². The van der Waals surface area contributed by atoms with E-state index in [4.69, 9.17) is 13.6 Å². The van der Waals surface area contributed by atoms with Crippen molar-refractivity contribution in [3.63, 3.8) is 0 Å². The summed E-state index contributed by atoms with van der Waals surface area (Å²) in [6, 6.07) is 8.79. The average Bonchev–Trinajstić information content (AvgIpc) is 2.18. The first-order chi connectivity index (χ1) is 7.06. The van der Waals surface area contributed by atoms with Gasteiger partial charge in [-0.05, 0) is 26.0 Å². The summed E-state index contributed by atoms with van der Waals surface area (Å²) in [5.74, 6) is 0.461. The molecule has 15 heavy (non-hydrogen) atoms. The number of hydrogen-bond acceptors (Lipinski definition) is 4. The fraction of sp³-hybridized carbons (Fsp3) is 0.400. The third-order valence-corrected chi connectivity index (χ3v) is 3.09. The van der Waals surface area contributed by atoms with Crippen LogP contribution in [0.2, 0.25) is 0 Å². The van der Waals surface area contributed by atoms with E-state index in [2.05, 4.69) is 0 Å². The summed E-state index contributed by atoms with van der Waals surface area (Å²) in [6.45, 7) is 3.53. The van der Waals surface area contributed by atoms with Gasteiger partial charge in [-0.1, -0.05) is 18.2 Å². The van der Waals surface area contributed by atoms with Gasteiger partial charge in [0.1, 0.15) is 5.75 Å². The van der Waals surface area contributed by atoms with E-state index in [1.165, 1.54) is 7.11 Å². The van der Waals surface area contributed by atoms with Crippen LogP contribution in [-0.2, 0) is 13.6 Å². The molecule has 0 bridgehead atoms. The Morgan fingerprint density at radius 2 is 1.80 bits per heavy atom. The Labute approximate surface area is 89.8 Å². The largest absolute Gasteiger partial charge is 0.530 e. The molecular weight excluding hydrogens is 215 g/mol. The highest BCUT2D eigenvalue weighted by Crippen LogP contribution is 2.49. The van der Waals surface area contributed by atoms with Gasteiger partial charge in [-0.2, -0.15) is 0 Å². The summed E-state index contributed by atoms with van der Waals surface area (Å²) in [7, 11) is -2.18. The van der Waals surface area contributed by atoms with Gasteiger partial charge in [-0.3, -0.25) is 9.05 Å². The lowest BCUT2D eigenvalue weighted by Gasteiger charge is -2.18. The third kappa shape index (κ3) is 4.04. The summed E-state index contributed by atoms with van der Waals surface area (Å²) in [5.41, 5.74) is 0. The van der Waals surface area contributed by atoms with Crippen molar-refractivity contribution in [3.05, 3.63) is 30.3 Å². The van der Waals surface area contributed by atoms with Crippen molar-refractivity contribution in [1.29, 1.82) is 0 Å². The van der Waals surface area contributed by atoms with E-state index in [0.29, 0.717) is 5.75 Å². The molecule has 0 N–H and O–H groups in total. The van der Waals surface area contributed by atoms with Gasteiger partial charge in [-0.25, -0.2) is 4.57 Å². The maximum Gasteiger partial charge on any atom is 0.530 e. The number of rotatable bonds is 5. The van der Waals surface area contributed by atoms with Gasteiger partial charge in [0.05, 0.1) is 6.10 Å². The molecule has 1 unspecified atom stereocenters. The van der Waals surface area contributed by atoms with Crippen molar-refractivity contribution in [2.75, 3.05) is 7.11 Å². The minimum absolute atomic E-state index is 0.223. The predicted octanol–water partition coefficient (Wildman–Crippen LogP) is 3.24. The Morgan fingerprint density at radius 1 is 1.20 bits per heavy atom. The summed E-state index contributed by atoms with van der Waals surface area (Å²) in [6.07, 6.45) is -0.223. The summed E-state index contributed by atoms with van der Waals surface area (Å²) in [5, 5.41) is 0. The fourth-order valence-corrected chi connectivity index (χ4v) is 2.07. The van der Waals surface area contributed by atoms with Crippen LogP contribution in [0.15, 0.2) is 30.3 Å². The lowest BCUT2D eigenvalue weighted by molar-refractivity contribution is 0.144. The van der Waals surface area contributed by atoms with Crippen LogP contribution in [0.3, 0.4) is 0 Å². The molecule has 1 atom stereocenters. The van der Waals surface area contributed by atoms with Crippen LogP contribution >= 0.6 is 7.82 Å². The Balaban J connectivity index is 2.73. The molecule has 1 rings (SSSR count). The molecule has 0 spiro atoms. The van der Waals surface area contributed by atoms with E-state index in [0.717, 1.165) is 0 Å². The van der Waals surface area contributed by atoms with Gasteiger partial charge in [0.25, 0.3) is 0 Å². The molecule has 1 aromatic rings. The molecule has 4 nitrogen and oxygen atoms in total. The molecular formula is C10H15O4P. The lowest BCUT2D eigenvalue weighted by atomic mass is 10.3. The second-order valence-electron chi connectivity index (χ2n) is 3.19. The highest BCUT2D eigenvalue weighted by atomic mass is 31.2. The number of para-hydroxylation sites is 1. The predicted molar refractivity (Wildman–Crippen MR) is 57.9 cm³/mol. The summed E-state index contributed by atoms with van der Waals surface area (Å²) < 4.78 is 26.9. The summed E-state index contributed by atoms with van der Waals surface area (Å²) in [4.78, 5) is 0. The zero-order valence-corrected chi connectivity index (χ0v) is 9.94. The van der Waals surface area contributed by atoms with Crippen LogP contribution in [0, 0.1) is 0 Å². The molecule has 0 aliphatic carbocycles. The van der Waals surface area contributed by atoms with E-state index in [9.17, 15) is 4.57 Å². The van der Waals surface area contributed by atoms with Crippen molar-refractivity contribution in [2.45, 2.75) is 20.0 Å². The first-order valence-electron chi connectivity index (χ1n) is 4.64. The monoisotopic (exact) mass is 230 g/mol. The highest BCUT2D eigenvalue weighted by molar-refractivity contribution is 7.48. The maximum absolute atomic E-state index is 11.9. The number of hydrogen-bond donors (Lipinski definition) is 0. The van der Waals surface area contributed by atoms with E-state index < -0.39 is 7.82 Å². The minimum atomic E-state index is -3.48. The van der Waals surface area contributed by atoms with Gasteiger partial charge in [0, 0.05) is 7.11 Å². The molecule has 0 heterocycles. The Morgan fingerprint density at radius 3 is 2.27 bits per heavy atom. The van der Waals surface area contributed by atoms with Gasteiger partial charge >= 0.3 is 7.82 Å². The highest BCUT2D eigenvalue weighted by Gasteiger charge is 2.28. The SMILES string of the molecule is COP(=O)(Oc1ccccc1)OC(C)C. The second kappa shape index (κ2) is 5.31. The van der Waals surface area contributed by atoms with Crippen LogP contribution in [0.25, 0.3) is 0 Å². The van der Waals surface area contributed by atoms with E-state index in [-0.39, 0.29) is 6.10 Å². The molecule has 0 aromatic heterocycles. The first-order valence-corrected chi connectivity index (χ1v) is 6.10. The minimum Gasteiger partial charge on any atom is -0.404 e. The van der Waals surface area contributed by atoms with E-state index in [1.807, 2.05) is 6.07 Å². The number of phosphoric acid groups is 1. The van der Waals surface area contributed by atoms with Crippen molar-refractivity contribution in [3.8, 4) is 5.75 Å². The molecule has 0 fully saturated rings. The standard InChI is InChI=1S/C10H15O4P/c1-9(2)13-15(11,12-3)14-10-7-5-4-6-8-10/h4-9H,1-3H3. The Bertz CT molecular complexity index is 337. The van der Waals surface area contributed by atoms with Gasteiger partial charge < -0.3 is 4.52 Å². The topological polar surface area (TPSA) is 44.8 Å². The van der Waals surface area contributed by atoms with Crippen molar-refractivity contribution in [2.24, 2.45) is 0 Å². The van der Waals surface area contributed by atoms with Gasteiger partial charge in [0.2, 0.25) is 0 Å². The third-order valence-electron chi connectivity index (χ3n) is 1.52. The van der Waals surface area contributed by atoms with Crippen LogP contribution in [-0.4, -0.2) is 13.2 Å². The van der Waals surface area contributed by atoms with Gasteiger partial charge in [0.15, 0.2) is 0 Å². The molecule has 0 radical (unpaired) electrons. The molecule has 0 saturated heterocycles. The number of benzene rings is 1. The fourth-order valence-electron chi connectivity index (χ4n) is 0.970. The van der Waals surface area contributed by atoms with Crippen LogP contribution in [0.1, 0.15) is 13.8 Å². The normalized spacial score (nSPS) is 14.9. The van der Waals surface area contributed by atoms with Gasteiger partial charge in [-0.15, -0.1) is 0 Å². The molecule has 1 aromatic carbocycles. The Kier molecular flexibility index (Phi) is 4.33. The van der Waals surface area contributed by atoms with Crippen LogP contribution < -0.4 is 4.52 Å². The van der Waals surface area contributed by atoms with E-state index >= 15 is 0 Å². The second-order valence-corrected chi connectivity index (χ2v) is 4.84. The lowest BCUT2D eigenvalue weighted by Crippen LogP contribution is -2.06. The van der Waals surface area contributed by atoms with E-state index in [1.54, 1.807) is 38.1 Å². The molecule has 0 aliphatic heterocycles. The number of phosphoric ester groups is 1. The molecule has 0 aliphatic rings. The van der Waals surface area contributed by atoms with Crippen LogP contribution in [0.5, 0.6) is 5.75 Å². The first kappa shape index (κ1) is 12.2. The van der Waals surface area contributed by atoms with Crippen molar-refractivity contribution < 1.29 is 18.1 Å². The molecule has 0 amide bonds. The quantitative estimate of drug-likeness (QED) is 0.728. The van der Waals surface area contributed by atoms with Crippen LogP contribution in [0.4, 0.5) is 0 Å². The van der Waals surface area contributed by atoms with Crippen molar-refractivity contribution >= 4 is 7.82 Å². The molecule has 5 heteroatoms. The molecule has 0 saturated carbocycles. The maximum atomic E-state index is 11.9. The zero-order valence-electron chi connectivity index (χ0n) is 9.04. The smallest absolute Gasteiger partial charge is 0.404 e. The Hall–Kier alpha value is -0.830. The zero-order chi connectivity index (χ0) is 11.3. The molecule has 84 valence electrons. The summed E-state index contributed by atoms with van der Waals surface area (Å²) >= 11 is 0.